The first-order chi connectivity index (χ1) is 6.22. The van der Waals surface area contributed by atoms with Crippen LogP contribution in [0.3, 0.4) is 0 Å². The monoisotopic (exact) mass is 182 g/mol. The van der Waals surface area contributed by atoms with Crippen LogP contribution in [0.25, 0.3) is 0 Å². The zero-order valence-corrected chi connectivity index (χ0v) is 8.42. The van der Waals surface area contributed by atoms with E-state index in [0.29, 0.717) is 0 Å². The molecule has 1 saturated carbocycles. The topological polar surface area (TPSA) is 32.3 Å². The fourth-order valence-corrected chi connectivity index (χ4v) is 2.16. The molecular weight excluding hydrogens is 164 g/mol. The Balaban J connectivity index is 1.80. The maximum atomic E-state index is 11.5. The zero-order valence-electron chi connectivity index (χ0n) is 8.42. The van der Waals surface area contributed by atoms with Crippen LogP contribution < -0.4 is 5.32 Å². The van der Waals surface area contributed by atoms with Crippen LogP contribution in [-0.4, -0.2) is 30.1 Å². The van der Waals surface area contributed by atoms with Gasteiger partial charge in [0.15, 0.2) is 0 Å². The van der Waals surface area contributed by atoms with Crippen LogP contribution in [0.1, 0.15) is 26.7 Å². The zero-order chi connectivity index (χ0) is 9.42. The molecule has 0 aromatic rings. The van der Waals surface area contributed by atoms with Crippen LogP contribution in [0.15, 0.2) is 0 Å². The number of carbonyl (C=O) groups is 1. The highest BCUT2D eigenvalue weighted by atomic mass is 16.2. The first kappa shape index (κ1) is 9.00. The number of nitrogens with one attached hydrogen (secondary N) is 1. The second kappa shape index (κ2) is 3.29. The Morgan fingerprint density at radius 2 is 2.31 bits per heavy atom. The molecular formula is C10H18N2O. The molecule has 1 unspecified atom stereocenters. The lowest BCUT2D eigenvalue weighted by Crippen LogP contribution is -2.30. The van der Waals surface area contributed by atoms with Crippen molar-refractivity contribution in [1.29, 1.82) is 0 Å². The largest absolute Gasteiger partial charge is 0.328 e. The van der Waals surface area contributed by atoms with Crippen LogP contribution in [0.5, 0.6) is 0 Å². The molecule has 0 spiro atoms. The van der Waals surface area contributed by atoms with Crippen molar-refractivity contribution in [1.82, 2.24) is 10.2 Å². The molecule has 2 aliphatic rings. The molecule has 1 amide bonds. The molecule has 3 heteroatoms. The van der Waals surface area contributed by atoms with E-state index in [4.69, 9.17) is 0 Å². The van der Waals surface area contributed by atoms with Crippen molar-refractivity contribution >= 4 is 5.91 Å². The lowest BCUT2D eigenvalue weighted by molar-refractivity contribution is -0.128. The Kier molecular flexibility index (Phi) is 2.28. The third-order valence-electron chi connectivity index (χ3n) is 3.32. The van der Waals surface area contributed by atoms with Crippen LogP contribution in [0, 0.1) is 11.8 Å². The summed E-state index contributed by atoms with van der Waals surface area (Å²) >= 11 is 0. The minimum absolute atomic E-state index is 0.0406. The van der Waals surface area contributed by atoms with Gasteiger partial charge in [-0.1, -0.05) is 13.3 Å². The summed E-state index contributed by atoms with van der Waals surface area (Å²) in [6.45, 7) is 5.91. The highest BCUT2D eigenvalue weighted by molar-refractivity contribution is 5.83. The molecule has 3 nitrogen and oxygen atoms in total. The fourth-order valence-electron chi connectivity index (χ4n) is 2.16. The van der Waals surface area contributed by atoms with E-state index in [-0.39, 0.29) is 11.9 Å². The SMILES string of the molecule is CC[C@@H]1C[C@H]1CN1CNC(C)C1=O. The maximum Gasteiger partial charge on any atom is 0.240 e. The molecule has 0 bridgehead atoms. The van der Waals surface area contributed by atoms with Gasteiger partial charge in [-0.15, -0.1) is 0 Å². The van der Waals surface area contributed by atoms with Gasteiger partial charge in [0, 0.05) is 6.54 Å². The maximum absolute atomic E-state index is 11.5. The Morgan fingerprint density at radius 1 is 1.54 bits per heavy atom. The van der Waals surface area contributed by atoms with Gasteiger partial charge < -0.3 is 4.90 Å². The van der Waals surface area contributed by atoms with E-state index in [1.54, 1.807) is 0 Å². The molecule has 1 N–H and O–H groups in total. The minimum Gasteiger partial charge on any atom is -0.328 e. The smallest absolute Gasteiger partial charge is 0.240 e. The van der Waals surface area contributed by atoms with Crippen molar-refractivity contribution in [3.05, 3.63) is 0 Å². The third kappa shape index (κ3) is 1.70. The van der Waals surface area contributed by atoms with Crippen molar-refractivity contribution < 1.29 is 4.79 Å². The van der Waals surface area contributed by atoms with E-state index >= 15 is 0 Å². The summed E-state index contributed by atoms with van der Waals surface area (Å²) in [4.78, 5) is 13.5. The van der Waals surface area contributed by atoms with Crippen LogP contribution >= 0.6 is 0 Å². The van der Waals surface area contributed by atoms with Crippen molar-refractivity contribution in [3.63, 3.8) is 0 Å². The Morgan fingerprint density at radius 3 is 2.77 bits per heavy atom. The first-order valence-electron chi connectivity index (χ1n) is 5.24. The van der Waals surface area contributed by atoms with E-state index in [1.807, 2.05) is 11.8 Å². The standard InChI is InChI=1S/C10H18N2O/c1-3-8-4-9(8)5-12-6-11-7(2)10(12)13/h7-9,11H,3-6H2,1-2H3/t7?,8-,9+/m1/s1. The number of amides is 1. The van der Waals surface area contributed by atoms with Gasteiger partial charge in [0.1, 0.15) is 0 Å². The molecule has 2 rings (SSSR count). The Labute approximate surface area is 79.5 Å². The number of hydrogen-bond acceptors (Lipinski definition) is 2. The van der Waals surface area contributed by atoms with Crippen LogP contribution in [-0.2, 0) is 4.79 Å². The number of rotatable bonds is 3. The predicted octanol–water partition coefficient (Wildman–Crippen LogP) is 0.810. The van der Waals surface area contributed by atoms with Crippen molar-refractivity contribution in [2.45, 2.75) is 32.7 Å². The molecule has 1 heterocycles. The highest BCUT2D eigenvalue weighted by Crippen LogP contribution is 2.41. The second-order valence-corrected chi connectivity index (χ2v) is 4.31. The van der Waals surface area contributed by atoms with Crippen LogP contribution in [0.2, 0.25) is 0 Å². The molecule has 0 radical (unpaired) electrons. The fraction of sp³-hybridized carbons (Fsp3) is 0.900. The molecule has 3 atom stereocenters. The van der Waals surface area contributed by atoms with Crippen molar-refractivity contribution in [2.75, 3.05) is 13.2 Å². The van der Waals surface area contributed by atoms with Gasteiger partial charge in [0.2, 0.25) is 5.91 Å². The predicted molar refractivity (Wildman–Crippen MR) is 51.1 cm³/mol. The number of hydrogen-bond donors (Lipinski definition) is 1. The van der Waals surface area contributed by atoms with E-state index in [2.05, 4.69) is 12.2 Å². The minimum atomic E-state index is 0.0406. The van der Waals surface area contributed by atoms with Gasteiger partial charge in [-0.3, -0.25) is 10.1 Å². The summed E-state index contributed by atoms with van der Waals surface area (Å²) in [5, 5.41) is 3.16. The highest BCUT2D eigenvalue weighted by Gasteiger charge is 2.39. The lowest BCUT2D eigenvalue weighted by atomic mass is 10.2. The van der Waals surface area contributed by atoms with E-state index in [9.17, 15) is 4.79 Å². The van der Waals surface area contributed by atoms with Crippen molar-refractivity contribution in [3.8, 4) is 0 Å². The lowest BCUT2D eigenvalue weighted by Gasteiger charge is -2.14. The van der Waals surface area contributed by atoms with Crippen LogP contribution in [0.4, 0.5) is 0 Å². The van der Waals surface area contributed by atoms with E-state index < -0.39 is 0 Å². The molecule has 74 valence electrons. The molecule has 13 heavy (non-hydrogen) atoms. The van der Waals surface area contributed by atoms with E-state index in [1.165, 1.54) is 12.8 Å². The summed E-state index contributed by atoms with van der Waals surface area (Å²) in [5.74, 6) is 1.96. The second-order valence-electron chi connectivity index (χ2n) is 4.31. The molecule has 2 fully saturated rings. The summed E-state index contributed by atoms with van der Waals surface area (Å²) in [7, 11) is 0. The van der Waals surface area contributed by atoms with Gasteiger partial charge in [0.25, 0.3) is 0 Å². The molecule has 0 aromatic heterocycles. The van der Waals surface area contributed by atoms with Crippen molar-refractivity contribution in [2.24, 2.45) is 11.8 Å². The van der Waals surface area contributed by atoms with Gasteiger partial charge in [-0.25, -0.2) is 0 Å². The molecule has 1 aliphatic carbocycles. The number of nitrogens with zero attached hydrogens (tertiary/aromatic N) is 1. The first-order valence-corrected chi connectivity index (χ1v) is 5.24. The molecule has 0 aromatic carbocycles. The van der Waals surface area contributed by atoms with E-state index in [0.717, 1.165) is 25.0 Å². The Bertz CT molecular complexity index is 217. The van der Waals surface area contributed by atoms with Gasteiger partial charge >= 0.3 is 0 Å². The quantitative estimate of drug-likeness (QED) is 0.700. The van der Waals surface area contributed by atoms with Gasteiger partial charge in [-0.2, -0.15) is 0 Å². The molecule has 1 saturated heterocycles. The normalized spacial score (nSPS) is 38.5. The molecule has 1 aliphatic heterocycles. The summed E-state index contributed by atoms with van der Waals surface area (Å²) in [6, 6.07) is 0.0406. The summed E-state index contributed by atoms with van der Waals surface area (Å²) in [5.41, 5.74) is 0. The average molecular weight is 182 g/mol. The third-order valence-corrected chi connectivity index (χ3v) is 3.32. The Hall–Kier alpha value is -0.570. The number of carbonyl (C=O) groups excluding carboxylic acids is 1. The van der Waals surface area contributed by atoms with Gasteiger partial charge in [-0.05, 0) is 25.2 Å². The van der Waals surface area contributed by atoms with Gasteiger partial charge in [0.05, 0.1) is 12.7 Å². The average Bonchev–Trinajstić information content (AvgIpc) is 2.81. The summed E-state index contributed by atoms with van der Waals surface area (Å²) in [6.07, 6.45) is 2.60. The summed E-state index contributed by atoms with van der Waals surface area (Å²) < 4.78 is 0.